The molecule has 190 valence electrons. The molecule has 3 aromatic rings. The summed E-state index contributed by atoms with van der Waals surface area (Å²) in [7, 11) is 3.36. The van der Waals surface area contributed by atoms with E-state index in [4.69, 9.17) is 21.1 Å². The minimum Gasteiger partial charge on any atom is -0.490 e. The lowest BCUT2D eigenvalue weighted by atomic mass is 10.2. The van der Waals surface area contributed by atoms with E-state index < -0.39 is 6.03 Å². The van der Waals surface area contributed by atoms with Gasteiger partial charge < -0.3 is 25.4 Å². The van der Waals surface area contributed by atoms with Gasteiger partial charge in [-0.15, -0.1) is 0 Å². The summed E-state index contributed by atoms with van der Waals surface area (Å²) in [6, 6.07) is 11.5. The number of pyridine rings is 1. The maximum absolute atomic E-state index is 12.6. The number of carbonyl (C=O) groups is 2. The molecular formula is C25H29ClN6O4. The summed E-state index contributed by atoms with van der Waals surface area (Å²) in [5.74, 6) is 1.12. The van der Waals surface area contributed by atoms with Crippen molar-refractivity contribution in [3.8, 4) is 17.2 Å². The number of likely N-dealkylation sites (N-methyl/N-ethyl adjacent to an activating group) is 1. The van der Waals surface area contributed by atoms with Crippen molar-refractivity contribution >= 4 is 34.9 Å². The van der Waals surface area contributed by atoms with E-state index in [1.54, 1.807) is 36.4 Å². The average Bonchev–Trinajstić information content (AvgIpc) is 2.87. The van der Waals surface area contributed by atoms with E-state index in [0.717, 1.165) is 11.1 Å². The van der Waals surface area contributed by atoms with Crippen molar-refractivity contribution in [2.24, 2.45) is 0 Å². The molecule has 0 saturated carbocycles. The highest BCUT2D eigenvalue weighted by atomic mass is 35.5. The smallest absolute Gasteiger partial charge is 0.337 e. The highest BCUT2D eigenvalue weighted by Gasteiger charge is 2.12. The number of aromatic nitrogens is 1. The van der Waals surface area contributed by atoms with Crippen LogP contribution < -0.4 is 36.3 Å². The Bertz CT molecular complexity index is 1240. The number of nitrogens with one attached hydrogen (secondary N) is 5. The predicted molar refractivity (Wildman–Crippen MR) is 140 cm³/mol. The molecule has 36 heavy (non-hydrogen) atoms. The van der Waals surface area contributed by atoms with E-state index in [-0.39, 0.29) is 11.6 Å². The summed E-state index contributed by atoms with van der Waals surface area (Å²) in [4.78, 5) is 28.5. The summed E-state index contributed by atoms with van der Waals surface area (Å²) in [6.07, 6.45) is 1.49. The minimum absolute atomic E-state index is 0.241. The number of benzene rings is 2. The van der Waals surface area contributed by atoms with Crippen molar-refractivity contribution in [2.75, 3.05) is 38.0 Å². The van der Waals surface area contributed by atoms with E-state index in [2.05, 4.69) is 31.8 Å². The fraction of sp³-hybridized carbons (Fsp3) is 0.240. The van der Waals surface area contributed by atoms with Crippen LogP contribution in [0.4, 0.5) is 16.2 Å². The fourth-order valence-corrected chi connectivity index (χ4v) is 3.24. The van der Waals surface area contributed by atoms with Gasteiger partial charge >= 0.3 is 6.03 Å². The number of urea groups is 1. The van der Waals surface area contributed by atoms with Gasteiger partial charge in [-0.05, 0) is 50.2 Å². The summed E-state index contributed by atoms with van der Waals surface area (Å²) in [5.41, 5.74) is 8.56. The lowest BCUT2D eigenvalue weighted by molar-refractivity contribution is 0.0958. The number of hydrazine groups is 1. The Morgan fingerprint density at radius 1 is 0.972 bits per heavy atom. The third-order valence-electron chi connectivity index (χ3n) is 5.07. The average molecular weight is 513 g/mol. The Balaban J connectivity index is 1.66. The second-order valence-corrected chi connectivity index (χ2v) is 8.20. The van der Waals surface area contributed by atoms with Crippen LogP contribution in [0.2, 0.25) is 5.02 Å². The van der Waals surface area contributed by atoms with E-state index >= 15 is 0 Å². The Morgan fingerprint density at radius 3 is 2.50 bits per heavy atom. The third-order valence-corrected chi connectivity index (χ3v) is 5.47. The SMILES string of the molecule is CNCCOc1cc(Cl)c(C)cc1NC(=O)NNc1cc(Oc2ccnc(C(=O)NC)c2)ccc1C. The predicted octanol–water partition coefficient (Wildman–Crippen LogP) is 4.25. The molecule has 0 aliphatic heterocycles. The molecule has 0 radical (unpaired) electrons. The van der Waals surface area contributed by atoms with Crippen LogP contribution in [0, 0.1) is 13.8 Å². The van der Waals surface area contributed by atoms with E-state index in [1.165, 1.54) is 13.2 Å². The molecule has 0 fully saturated rings. The Hall–Kier alpha value is -4.02. The molecule has 10 nitrogen and oxygen atoms in total. The maximum Gasteiger partial charge on any atom is 0.337 e. The van der Waals surface area contributed by atoms with Crippen molar-refractivity contribution in [1.29, 1.82) is 0 Å². The zero-order valence-electron chi connectivity index (χ0n) is 20.5. The molecule has 0 saturated heterocycles. The van der Waals surface area contributed by atoms with Gasteiger partial charge in [0.05, 0.1) is 11.4 Å². The van der Waals surface area contributed by atoms with Crippen molar-refractivity contribution in [1.82, 2.24) is 21.0 Å². The summed E-state index contributed by atoms with van der Waals surface area (Å²) < 4.78 is 11.6. The number of aryl methyl sites for hydroxylation is 2. The highest BCUT2D eigenvalue weighted by Crippen LogP contribution is 2.31. The largest absolute Gasteiger partial charge is 0.490 e. The molecule has 0 unspecified atom stereocenters. The number of rotatable bonds is 10. The van der Waals surface area contributed by atoms with Crippen molar-refractivity contribution in [3.63, 3.8) is 0 Å². The third kappa shape index (κ3) is 7.24. The van der Waals surface area contributed by atoms with Crippen LogP contribution in [-0.4, -0.2) is 44.2 Å². The van der Waals surface area contributed by atoms with Gasteiger partial charge in [-0.25, -0.2) is 4.79 Å². The number of nitrogens with zero attached hydrogens (tertiary/aromatic N) is 1. The van der Waals surface area contributed by atoms with Gasteiger partial charge in [-0.1, -0.05) is 17.7 Å². The lowest BCUT2D eigenvalue weighted by Crippen LogP contribution is -2.34. The molecule has 0 bridgehead atoms. The number of ether oxygens (including phenoxy) is 2. The number of halogens is 1. The van der Waals surface area contributed by atoms with Gasteiger partial charge in [0.15, 0.2) is 0 Å². The normalized spacial score (nSPS) is 10.4. The molecule has 5 N–H and O–H groups in total. The van der Waals surface area contributed by atoms with Crippen LogP contribution in [-0.2, 0) is 0 Å². The van der Waals surface area contributed by atoms with Crippen LogP contribution in [0.1, 0.15) is 21.6 Å². The molecule has 1 heterocycles. The summed E-state index contributed by atoms with van der Waals surface area (Å²) in [6.45, 7) is 4.79. The van der Waals surface area contributed by atoms with Gasteiger partial charge in [-0.2, -0.15) is 0 Å². The second kappa shape index (κ2) is 12.6. The first kappa shape index (κ1) is 26.6. The van der Waals surface area contributed by atoms with Crippen LogP contribution in [0.3, 0.4) is 0 Å². The first-order valence-corrected chi connectivity index (χ1v) is 11.6. The summed E-state index contributed by atoms with van der Waals surface area (Å²) in [5, 5.41) is 8.85. The molecule has 3 rings (SSSR count). The number of anilines is 2. The van der Waals surface area contributed by atoms with Crippen molar-refractivity contribution in [2.45, 2.75) is 13.8 Å². The van der Waals surface area contributed by atoms with Crippen LogP contribution in [0.25, 0.3) is 0 Å². The van der Waals surface area contributed by atoms with Gasteiger partial charge in [-0.3, -0.25) is 20.6 Å². The first-order chi connectivity index (χ1) is 17.3. The number of carbonyl (C=O) groups excluding carboxylic acids is 2. The standard InChI is InChI=1S/C25H29ClN6O4/c1-15-5-6-17(36-18-7-8-29-22(13-18)24(33)28-4)12-20(15)31-32-25(34)30-21-11-16(2)19(26)14-23(21)35-10-9-27-3/h5-8,11-14,27,31H,9-10H2,1-4H3,(H,28,33)(H2,30,32,34). The molecule has 0 atom stereocenters. The monoisotopic (exact) mass is 512 g/mol. The molecule has 0 spiro atoms. The first-order valence-electron chi connectivity index (χ1n) is 11.2. The quantitative estimate of drug-likeness (QED) is 0.203. The van der Waals surface area contributed by atoms with Gasteiger partial charge in [0.25, 0.3) is 5.91 Å². The molecule has 3 amide bonds. The van der Waals surface area contributed by atoms with Gasteiger partial charge in [0.1, 0.15) is 29.5 Å². The van der Waals surface area contributed by atoms with E-state index in [1.807, 2.05) is 27.0 Å². The molecule has 11 heteroatoms. The zero-order chi connectivity index (χ0) is 26.1. The Labute approximate surface area is 214 Å². The Kier molecular flexibility index (Phi) is 9.32. The number of hydrogen-bond acceptors (Lipinski definition) is 7. The molecular weight excluding hydrogens is 484 g/mol. The lowest BCUT2D eigenvalue weighted by Gasteiger charge is -2.16. The zero-order valence-corrected chi connectivity index (χ0v) is 21.2. The fourth-order valence-electron chi connectivity index (χ4n) is 3.08. The van der Waals surface area contributed by atoms with Crippen molar-refractivity contribution in [3.05, 3.63) is 70.5 Å². The van der Waals surface area contributed by atoms with Crippen LogP contribution >= 0.6 is 11.6 Å². The van der Waals surface area contributed by atoms with Crippen LogP contribution in [0.15, 0.2) is 48.7 Å². The topological polar surface area (TPSA) is 126 Å². The van der Waals surface area contributed by atoms with Gasteiger partial charge in [0, 0.05) is 43.0 Å². The number of hydrogen-bond donors (Lipinski definition) is 5. The maximum atomic E-state index is 12.6. The molecule has 0 aliphatic carbocycles. The summed E-state index contributed by atoms with van der Waals surface area (Å²) >= 11 is 6.23. The number of amides is 3. The van der Waals surface area contributed by atoms with E-state index in [0.29, 0.717) is 46.8 Å². The molecule has 2 aromatic carbocycles. The van der Waals surface area contributed by atoms with Crippen molar-refractivity contribution < 1.29 is 19.1 Å². The minimum atomic E-state index is -0.495. The second-order valence-electron chi connectivity index (χ2n) is 7.79. The van der Waals surface area contributed by atoms with Gasteiger partial charge in [0.2, 0.25) is 0 Å². The van der Waals surface area contributed by atoms with E-state index in [9.17, 15) is 9.59 Å². The Morgan fingerprint density at radius 2 is 1.75 bits per heavy atom. The molecule has 0 aliphatic rings. The molecule has 1 aromatic heterocycles. The highest BCUT2D eigenvalue weighted by molar-refractivity contribution is 6.31. The van der Waals surface area contributed by atoms with Crippen LogP contribution in [0.5, 0.6) is 17.2 Å².